The van der Waals surface area contributed by atoms with Crippen molar-refractivity contribution in [3.05, 3.63) is 78.1 Å². The Hall–Kier alpha value is -4.87. The van der Waals surface area contributed by atoms with Crippen molar-refractivity contribution in [1.82, 2.24) is 14.8 Å². The van der Waals surface area contributed by atoms with E-state index in [2.05, 4.69) is 20.6 Å². The number of aryl methyl sites for hydroxylation is 1. The van der Waals surface area contributed by atoms with E-state index in [1.807, 2.05) is 6.92 Å². The number of hydrogen-bond acceptors (Lipinski definition) is 7. The summed E-state index contributed by atoms with van der Waals surface area (Å²) in [4.78, 5) is 38.9. The molecule has 43 heavy (non-hydrogen) atoms. The summed E-state index contributed by atoms with van der Waals surface area (Å²) in [5, 5.41) is 13.2. The highest BCUT2D eigenvalue weighted by Gasteiger charge is 2.55. The third kappa shape index (κ3) is 5.17. The van der Waals surface area contributed by atoms with Crippen LogP contribution in [0.3, 0.4) is 0 Å². The molecule has 3 N–H and O–H groups in total. The number of fused-ring (bicyclic) bond motifs is 1. The van der Waals surface area contributed by atoms with Gasteiger partial charge in [-0.3, -0.25) is 14.5 Å². The lowest BCUT2D eigenvalue weighted by atomic mass is 9.90. The van der Waals surface area contributed by atoms with Crippen LogP contribution in [0.2, 0.25) is 0 Å². The quantitative estimate of drug-likeness (QED) is 0.273. The molecule has 1 atom stereocenters. The molecule has 12 heteroatoms. The molecular formula is C31H31F2N7O3. The van der Waals surface area contributed by atoms with Crippen molar-refractivity contribution >= 4 is 45.6 Å². The highest BCUT2D eigenvalue weighted by Crippen LogP contribution is 2.38. The number of nitrogens with one attached hydrogen (secondary N) is 1. The second-order valence-corrected chi connectivity index (χ2v) is 10.8. The average Bonchev–Trinajstić information content (AvgIpc) is 3.66. The SMILES string of the molecule is CCn1ncc2c(NC3CCCCC3)c(C3=NOC(C(N)=O)(C(=O)N(c4ccc(F)cc4)c4ccc(F)cc4)C3)cnc21. The number of amides is 2. The third-order valence-corrected chi connectivity index (χ3v) is 8.07. The topological polar surface area (TPSA) is 128 Å². The van der Waals surface area contributed by atoms with Crippen LogP contribution < -0.4 is 16.0 Å². The zero-order chi connectivity index (χ0) is 30.1. The molecule has 0 radical (unpaired) electrons. The molecule has 10 nitrogen and oxygen atoms in total. The number of benzene rings is 2. The molecule has 3 heterocycles. The van der Waals surface area contributed by atoms with Crippen LogP contribution in [0.1, 0.15) is 51.0 Å². The maximum Gasteiger partial charge on any atom is 0.298 e. The fraction of sp³-hybridized carbons (Fsp3) is 0.323. The minimum absolute atomic E-state index is 0.223. The summed E-state index contributed by atoms with van der Waals surface area (Å²) in [7, 11) is 0. The number of nitrogens with two attached hydrogens (primary N) is 1. The van der Waals surface area contributed by atoms with E-state index >= 15 is 0 Å². The van der Waals surface area contributed by atoms with Gasteiger partial charge in [-0.05, 0) is 68.3 Å². The molecule has 2 aromatic carbocycles. The number of hydrogen-bond donors (Lipinski definition) is 2. The van der Waals surface area contributed by atoms with E-state index in [-0.39, 0.29) is 23.8 Å². The molecule has 1 aliphatic carbocycles. The fourth-order valence-corrected chi connectivity index (χ4v) is 5.76. The molecule has 0 saturated heterocycles. The summed E-state index contributed by atoms with van der Waals surface area (Å²) >= 11 is 0. The molecule has 0 spiro atoms. The first-order chi connectivity index (χ1) is 20.8. The zero-order valence-electron chi connectivity index (χ0n) is 23.6. The van der Waals surface area contributed by atoms with Gasteiger partial charge in [-0.1, -0.05) is 24.4 Å². The Labute approximate surface area is 246 Å². The van der Waals surface area contributed by atoms with Crippen LogP contribution >= 0.6 is 0 Å². The van der Waals surface area contributed by atoms with E-state index in [1.54, 1.807) is 17.1 Å². The van der Waals surface area contributed by atoms with Crippen LogP contribution in [0, 0.1) is 11.6 Å². The number of anilines is 3. The Morgan fingerprint density at radius 1 is 1.02 bits per heavy atom. The molecule has 2 amide bonds. The summed E-state index contributed by atoms with van der Waals surface area (Å²) in [5.74, 6) is -2.95. The molecule has 4 aromatic rings. The molecule has 2 aromatic heterocycles. The zero-order valence-corrected chi connectivity index (χ0v) is 23.6. The Morgan fingerprint density at radius 2 is 1.65 bits per heavy atom. The first-order valence-electron chi connectivity index (χ1n) is 14.3. The van der Waals surface area contributed by atoms with Gasteiger partial charge in [0.15, 0.2) is 5.65 Å². The molecule has 1 fully saturated rings. The number of halogens is 2. The monoisotopic (exact) mass is 587 g/mol. The van der Waals surface area contributed by atoms with Crippen molar-refractivity contribution in [3.63, 3.8) is 0 Å². The Morgan fingerprint density at radius 3 is 2.23 bits per heavy atom. The largest absolute Gasteiger partial charge is 0.381 e. The van der Waals surface area contributed by atoms with Gasteiger partial charge in [-0.25, -0.2) is 18.4 Å². The highest BCUT2D eigenvalue weighted by molar-refractivity contribution is 6.23. The molecule has 1 unspecified atom stereocenters. The average molecular weight is 588 g/mol. The lowest BCUT2D eigenvalue weighted by Gasteiger charge is -2.30. The van der Waals surface area contributed by atoms with Crippen molar-refractivity contribution in [2.24, 2.45) is 10.9 Å². The van der Waals surface area contributed by atoms with Crippen molar-refractivity contribution in [1.29, 1.82) is 0 Å². The summed E-state index contributed by atoms with van der Waals surface area (Å²) in [6.45, 7) is 2.61. The number of rotatable bonds is 8. The fourth-order valence-electron chi connectivity index (χ4n) is 5.76. The van der Waals surface area contributed by atoms with Gasteiger partial charge in [0.25, 0.3) is 17.4 Å². The number of oxime groups is 1. The molecule has 1 saturated carbocycles. The number of carbonyl (C=O) groups is 2. The van der Waals surface area contributed by atoms with E-state index in [9.17, 15) is 18.4 Å². The summed E-state index contributed by atoms with van der Waals surface area (Å²) < 4.78 is 29.4. The summed E-state index contributed by atoms with van der Waals surface area (Å²) in [6, 6.07) is 10.4. The second kappa shape index (κ2) is 11.4. The van der Waals surface area contributed by atoms with E-state index in [4.69, 9.17) is 10.6 Å². The predicted molar refractivity (Wildman–Crippen MR) is 158 cm³/mol. The maximum atomic E-state index is 14.3. The molecular weight excluding hydrogens is 556 g/mol. The second-order valence-electron chi connectivity index (χ2n) is 10.8. The lowest BCUT2D eigenvalue weighted by molar-refractivity contribution is -0.153. The van der Waals surface area contributed by atoms with E-state index in [0.29, 0.717) is 23.5 Å². The Bertz CT molecular complexity index is 1650. The van der Waals surface area contributed by atoms with Crippen molar-refractivity contribution in [2.45, 2.75) is 63.6 Å². The number of aromatic nitrogens is 3. The van der Waals surface area contributed by atoms with Crippen LogP contribution in [-0.4, -0.2) is 43.9 Å². The van der Waals surface area contributed by atoms with Gasteiger partial charge in [0.2, 0.25) is 0 Å². The standard InChI is InChI=1S/C31H31F2N7O3/c1-2-39-28-25(18-36-39)27(37-21-6-4-3-5-7-21)24(17-35-28)26-16-31(29(34)41,43-38-26)30(42)40(22-12-8-19(32)9-13-22)23-14-10-20(33)11-15-23/h8-15,17-18,21H,2-7,16H2,1H3,(H2,34,41)(H,35,37). The van der Waals surface area contributed by atoms with Crippen LogP contribution in [0.25, 0.3) is 11.0 Å². The highest BCUT2D eigenvalue weighted by atomic mass is 19.1. The molecule has 0 bridgehead atoms. The first-order valence-corrected chi connectivity index (χ1v) is 14.3. The smallest absolute Gasteiger partial charge is 0.298 e. The van der Waals surface area contributed by atoms with Gasteiger partial charge in [0.1, 0.15) is 11.6 Å². The van der Waals surface area contributed by atoms with Crippen LogP contribution in [0.5, 0.6) is 0 Å². The van der Waals surface area contributed by atoms with Crippen LogP contribution in [-0.2, 0) is 21.0 Å². The number of primary amides is 1. The third-order valence-electron chi connectivity index (χ3n) is 8.07. The molecule has 2 aliphatic rings. The van der Waals surface area contributed by atoms with Gasteiger partial charge < -0.3 is 15.9 Å². The van der Waals surface area contributed by atoms with Crippen LogP contribution in [0.4, 0.5) is 25.8 Å². The van der Waals surface area contributed by atoms with Gasteiger partial charge in [0.05, 0.1) is 29.4 Å². The van der Waals surface area contributed by atoms with Gasteiger partial charge in [-0.2, -0.15) is 5.10 Å². The number of nitrogens with zero attached hydrogens (tertiary/aromatic N) is 5. The van der Waals surface area contributed by atoms with Gasteiger partial charge in [0, 0.05) is 35.7 Å². The molecule has 222 valence electrons. The Kier molecular flexibility index (Phi) is 7.51. The first kappa shape index (κ1) is 28.3. The number of pyridine rings is 1. The van der Waals surface area contributed by atoms with E-state index in [1.165, 1.54) is 55.0 Å². The number of carbonyl (C=O) groups excluding carboxylic acids is 2. The van der Waals surface area contributed by atoms with E-state index in [0.717, 1.165) is 41.7 Å². The Balaban J connectivity index is 1.40. The minimum atomic E-state index is -2.23. The minimum Gasteiger partial charge on any atom is -0.381 e. The lowest BCUT2D eigenvalue weighted by Crippen LogP contribution is -2.56. The normalized spacial score (nSPS) is 18.7. The van der Waals surface area contributed by atoms with Crippen molar-refractivity contribution < 1.29 is 23.2 Å². The maximum absolute atomic E-state index is 14.3. The molecule has 6 rings (SSSR count). The van der Waals surface area contributed by atoms with Crippen molar-refractivity contribution in [2.75, 3.05) is 10.2 Å². The van der Waals surface area contributed by atoms with E-state index < -0.39 is 29.0 Å². The molecule has 1 aliphatic heterocycles. The summed E-state index contributed by atoms with van der Waals surface area (Å²) in [6.07, 6.45) is 8.52. The summed E-state index contributed by atoms with van der Waals surface area (Å²) in [5.41, 5.74) is 6.41. The van der Waals surface area contributed by atoms with Crippen LogP contribution in [0.15, 0.2) is 66.1 Å². The van der Waals surface area contributed by atoms with Crippen molar-refractivity contribution in [3.8, 4) is 0 Å². The van der Waals surface area contributed by atoms with Gasteiger partial charge in [-0.15, -0.1) is 0 Å². The predicted octanol–water partition coefficient (Wildman–Crippen LogP) is 5.19. The van der Waals surface area contributed by atoms with Gasteiger partial charge >= 0.3 is 0 Å².